The van der Waals surface area contributed by atoms with Crippen molar-refractivity contribution in [1.29, 1.82) is 0 Å². The zero-order valence-electron chi connectivity index (χ0n) is 14.1. The molecule has 1 aliphatic rings. The minimum absolute atomic E-state index is 0. The average Bonchev–Trinajstić information content (AvgIpc) is 3.16. The number of nitrogens with zero attached hydrogens (tertiary/aromatic N) is 1. The predicted molar refractivity (Wildman–Crippen MR) is 102 cm³/mol. The first kappa shape index (κ1) is 19.0. The molecule has 1 unspecified atom stereocenters. The molecule has 132 valence electrons. The Hall–Kier alpha value is -2.37. The molecule has 25 heavy (non-hydrogen) atoms. The lowest BCUT2D eigenvalue weighted by Gasteiger charge is -2.18. The summed E-state index contributed by atoms with van der Waals surface area (Å²) >= 11 is 0. The molecule has 6 heteroatoms. The van der Waals surface area contributed by atoms with E-state index >= 15 is 0 Å². The lowest BCUT2D eigenvalue weighted by Crippen LogP contribution is -2.27. The van der Waals surface area contributed by atoms with Gasteiger partial charge in [0.25, 0.3) is 5.91 Å². The van der Waals surface area contributed by atoms with Crippen LogP contribution in [0.25, 0.3) is 0 Å². The number of nitrogens with one attached hydrogen (secondary N) is 2. The molecule has 2 N–H and O–H groups in total. The lowest BCUT2D eigenvalue weighted by molar-refractivity contribution is -0.119. The van der Waals surface area contributed by atoms with Crippen LogP contribution in [0, 0.1) is 5.92 Å². The number of carbonyl (C=O) groups excluding carboxylic acids is 2. The van der Waals surface area contributed by atoms with Crippen LogP contribution < -0.4 is 15.5 Å². The van der Waals surface area contributed by atoms with E-state index in [4.69, 9.17) is 0 Å². The van der Waals surface area contributed by atoms with E-state index < -0.39 is 0 Å². The maximum atomic E-state index is 12.6. The van der Waals surface area contributed by atoms with Crippen LogP contribution in [0.3, 0.4) is 0 Å². The first-order valence-electron chi connectivity index (χ1n) is 8.10. The number of amides is 2. The average molecular weight is 360 g/mol. The fraction of sp³-hybridized carbons (Fsp3) is 0.263. The van der Waals surface area contributed by atoms with Gasteiger partial charge < -0.3 is 15.5 Å². The maximum absolute atomic E-state index is 12.6. The Morgan fingerprint density at radius 1 is 1.12 bits per heavy atom. The predicted octanol–water partition coefficient (Wildman–Crippen LogP) is 2.93. The monoisotopic (exact) mass is 359 g/mol. The van der Waals surface area contributed by atoms with Gasteiger partial charge >= 0.3 is 0 Å². The van der Waals surface area contributed by atoms with E-state index in [1.165, 1.54) is 0 Å². The molecule has 1 atom stereocenters. The van der Waals surface area contributed by atoms with Gasteiger partial charge in [-0.15, -0.1) is 12.4 Å². The second kappa shape index (κ2) is 8.65. The summed E-state index contributed by atoms with van der Waals surface area (Å²) in [5.41, 5.74) is 2.02. The van der Waals surface area contributed by atoms with Crippen molar-refractivity contribution in [2.24, 2.45) is 5.92 Å². The first-order valence-corrected chi connectivity index (χ1v) is 8.10. The number of rotatable bonds is 4. The van der Waals surface area contributed by atoms with Crippen molar-refractivity contribution in [2.75, 3.05) is 30.4 Å². The Labute approximate surface area is 153 Å². The van der Waals surface area contributed by atoms with Crippen LogP contribution in [0.1, 0.15) is 16.8 Å². The van der Waals surface area contributed by atoms with Crippen molar-refractivity contribution in [3.63, 3.8) is 0 Å². The smallest absolute Gasteiger partial charge is 0.258 e. The van der Waals surface area contributed by atoms with Gasteiger partial charge in [0.1, 0.15) is 0 Å². The number of benzene rings is 2. The van der Waals surface area contributed by atoms with E-state index in [9.17, 15) is 9.59 Å². The zero-order chi connectivity index (χ0) is 16.9. The Balaban J connectivity index is 0.00000225. The number of carbonyl (C=O) groups is 2. The standard InChI is InChI=1S/C19H21N3O2.ClH/c1-22(17-8-3-2-4-9-17)19(24)14-6-5-7-16(12-14)21-18(23)15-10-11-20-13-15;/h2-9,12,15,20H,10-11,13H2,1H3,(H,21,23);1H. The van der Waals surface area contributed by atoms with E-state index in [-0.39, 0.29) is 30.1 Å². The van der Waals surface area contributed by atoms with Crippen LogP contribution in [0.2, 0.25) is 0 Å². The lowest BCUT2D eigenvalue weighted by atomic mass is 10.1. The van der Waals surface area contributed by atoms with Gasteiger partial charge in [0.05, 0.1) is 5.92 Å². The van der Waals surface area contributed by atoms with Crippen LogP contribution in [-0.4, -0.2) is 32.0 Å². The summed E-state index contributed by atoms with van der Waals surface area (Å²) in [4.78, 5) is 26.4. The van der Waals surface area contributed by atoms with Crippen LogP contribution in [0.4, 0.5) is 11.4 Å². The van der Waals surface area contributed by atoms with Gasteiger partial charge in [-0.3, -0.25) is 9.59 Å². The third-order valence-electron chi connectivity index (χ3n) is 4.26. The van der Waals surface area contributed by atoms with E-state index in [1.807, 2.05) is 30.3 Å². The minimum Gasteiger partial charge on any atom is -0.326 e. The number of anilines is 2. The molecule has 2 amide bonds. The van der Waals surface area contributed by atoms with E-state index in [1.54, 1.807) is 36.2 Å². The highest BCUT2D eigenvalue weighted by Crippen LogP contribution is 2.18. The topological polar surface area (TPSA) is 61.4 Å². The highest BCUT2D eigenvalue weighted by molar-refractivity contribution is 6.06. The number of para-hydroxylation sites is 1. The van der Waals surface area contributed by atoms with Gasteiger partial charge in [0, 0.05) is 30.5 Å². The van der Waals surface area contributed by atoms with Crippen molar-refractivity contribution < 1.29 is 9.59 Å². The van der Waals surface area contributed by atoms with Crippen LogP contribution >= 0.6 is 12.4 Å². The first-order chi connectivity index (χ1) is 11.6. The van der Waals surface area contributed by atoms with E-state index in [0.717, 1.165) is 18.7 Å². The fourth-order valence-corrected chi connectivity index (χ4v) is 2.82. The molecule has 0 spiro atoms. The highest BCUT2D eigenvalue weighted by Gasteiger charge is 2.22. The van der Waals surface area contributed by atoms with E-state index in [0.29, 0.717) is 17.8 Å². The molecule has 0 aromatic heterocycles. The molecular weight excluding hydrogens is 338 g/mol. The van der Waals surface area contributed by atoms with E-state index in [2.05, 4.69) is 10.6 Å². The summed E-state index contributed by atoms with van der Waals surface area (Å²) in [7, 11) is 1.74. The summed E-state index contributed by atoms with van der Waals surface area (Å²) < 4.78 is 0. The summed E-state index contributed by atoms with van der Waals surface area (Å²) in [5, 5.41) is 6.09. The zero-order valence-corrected chi connectivity index (χ0v) is 14.9. The van der Waals surface area contributed by atoms with Crippen molar-refractivity contribution in [2.45, 2.75) is 6.42 Å². The summed E-state index contributed by atoms with van der Waals surface area (Å²) in [6.45, 7) is 1.58. The molecule has 0 saturated carbocycles. The molecule has 2 aromatic rings. The second-order valence-electron chi connectivity index (χ2n) is 5.96. The third-order valence-corrected chi connectivity index (χ3v) is 4.26. The maximum Gasteiger partial charge on any atom is 0.258 e. The SMILES string of the molecule is CN(C(=O)c1cccc(NC(=O)C2CCNC2)c1)c1ccccc1.Cl. The molecule has 1 saturated heterocycles. The molecule has 1 fully saturated rings. The molecule has 0 aliphatic carbocycles. The van der Waals surface area contributed by atoms with Gasteiger partial charge in [-0.25, -0.2) is 0 Å². The molecule has 1 heterocycles. The van der Waals surface area contributed by atoms with Gasteiger partial charge in [0.15, 0.2) is 0 Å². The van der Waals surface area contributed by atoms with Crippen molar-refractivity contribution in [3.8, 4) is 0 Å². The minimum atomic E-state index is -0.111. The van der Waals surface area contributed by atoms with Crippen LogP contribution in [-0.2, 0) is 4.79 Å². The molecule has 5 nitrogen and oxygen atoms in total. The molecular formula is C19H22ClN3O2. The number of hydrogen-bond donors (Lipinski definition) is 2. The number of hydrogen-bond acceptors (Lipinski definition) is 3. The molecule has 0 bridgehead atoms. The Morgan fingerprint density at radius 2 is 1.88 bits per heavy atom. The summed E-state index contributed by atoms with van der Waals surface area (Å²) in [6, 6.07) is 16.5. The summed E-state index contributed by atoms with van der Waals surface area (Å²) in [6.07, 6.45) is 0.848. The summed E-state index contributed by atoms with van der Waals surface area (Å²) in [5.74, 6) is -0.114. The van der Waals surface area contributed by atoms with Crippen molar-refractivity contribution in [3.05, 3.63) is 60.2 Å². The fourth-order valence-electron chi connectivity index (χ4n) is 2.82. The van der Waals surface area contributed by atoms with Crippen molar-refractivity contribution in [1.82, 2.24) is 5.32 Å². The molecule has 0 radical (unpaired) electrons. The normalized spacial score (nSPS) is 16.0. The second-order valence-corrected chi connectivity index (χ2v) is 5.96. The Bertz CT molecular complexity index is 730. The molecule has 3 rings (SSSR count). The molecule has 2 aromatic carbocycles. The van der Waals surface area contributed by atoms with Gasteiger partial charge in [0.2, 0.25) is 5.91 Å². The quantitative estimate of drug-likeness (QED) is 0.882. The Morgan fingerprint density at radius 3 is 2.56 bits per heavy atom. The van der Waals surface area contributed by atoms with Gasteiger partial charge in [-0.2, -0.15) is 0 Å². The van der Waals surface area contributed by atoms with Crippen molar-refractivity contribution >= 4 is 35.6 Å². The largest absolute Gasteiger partial charge is 0.326 e. The number of halogens is 1. The molecule has 1 aliphatic heterocycles. The highest BCUT2D eigenvalue weighted by atomic mass is 35.5. The Kier molecular flexibility index (Phi) is 6.56. The van der Waals surface area contributed by atoms with Crippen LogP contribution in [0.15, 0.2) is 54.6 Å². The third kappa shape index (κ3) is 4.59. The van der Waals surface area contributed by atoms with Gasteiger partial charge in [-0.1, -0.05) is 24.3 Å². The van der Waals surface area contributed by atoms with Crippen LogP contribution in [0.5, 0.6) is 0 Å². The van der Waals surface area contributed by atoms with Gasteiger partial charge in [-0.05, 0) is 43.3 Å².